The quantitative estimate of drug-likeness (QED) is 0.177. The van der Waals surface area contributed by atoms with E-state index in [-0.39, 0.29) is 22.8 Å². The number of likely N-dealkylation sites (tertiary alicyclic amines) is 2. The lowest BCUT2D eigenvalue weighted by Gasteiger charge is -2.48. The average molecular weight is 683 g/mol. The van der Waals surface area contributed by atoms with Crippen LogP contribution in [0, 0.1) is 0 Å². The molecule has 0 saturated carbocycles. The Morgan fingerprint density at radius 3 is 2.02 bits per heavy atom. The number of amides is 2. The van der Waals surface area contributed by atoms with Gasteiger partial charge in [-0.15, -0.1) is 0 Å². The van der Waals surface area contributed by atoms with E-state index >= 15 is 0 Å². The van der Waals surface area contributed by atoms with Crippen molar-refractivity contribution in [3.8, 4) is 11.1 Å². The average Bonchev–Trinajstić information content (AvgIpc) is 3.13. The molecule has 2 amide bonds. The summed E-state index contributed by atoms with van der Waals surface area (Å²) in [6.07, 6.45) is 5.63. The van der Waals surface area contributed by atoms with E-state index in [1.165, 1.54) is 16.7 Å². The zero-order valence-electron chi connectivity index (χ0n) is 28.0. The van der Waals surface area contributed by atoms with Crippen LogP contribution in [-0.4, -0.2) is 66.3 Å². The van der Waals surface area contributed by atoms with Crippen molar-refractivity contribution in [1.29, 1.82) is 0 Å². The molecule has 0 unspecified atom stereocenters. The molecule has 4 aromatic rings. The van der Waals surface area contributed by atoms with E-state index in [1.807, 2.05) is 65.4 Å². The first-order valence-corrected chi connectivity index (χ1v) is 17.9. The predicted octanol–water partition coefficient (Wildman–Crippen LogP) is 9.08. The van der Waals surface area contributed by atoms with Crippen LogP contribution in [0.4, 0.5) is 0 Å². The molecule has 0 N–H and O–H groups in total. The molecule has 5 nitrogen and oxygen atoms in total. The summed E-state index contributed by atoms with van der Waals surface area (Å²) in [7, 11) is 1.95. The third-order valence-corrected chi connectivity index (χ3v) is 11.6. The predicted molar refractivity (Wildman–Crippen MR) is 197 cm³/mol. The number of carbonyl (C=O) groups excluding carboxylic acids is 2. The Hall–Kier alpha value is -3.64. The maximum Gasteiger partial charge on any atom is 0.253 e. The van der Waals surface area contributed by atoms with Gasteiger partial charge in [-0.1, -0.05) is 102 Å². The second kappa shape index (κ2) is 14.9. The first-order valence-electron chi connectivity index (χ1n) is 17.1. The fraction of sp³-hybridized carbons (Fsp3) is 0.366. The molecule has 2 aliphatic rings. The number of rotatable bonds is 9. The molecule has 2 saturated heterocycles. The van der Waals surface area contributed by atoms with Gasteiger partial charge in [-0.3, -0.25) is 9.59 Å². The number of hydrogen-bond acceptors (Lipinski definition) is 3. The van der Waals surface area contributed by atoms with Gasteiger partial charge in [-0.05, 0) is 91.6 Å². The smallest absolute Gasteiger partial charge is 0.253 e. The van der Waals surface area contributed by atoms with Gasteiger partial charge in [0.15, 0.2) is 0 Å². The molecule has 2 heterocycles. The van der Waals surface area contributed by atoms with Crippen molar-refractivity contribution >= 4 is 35.0 Å². The van der Waals surface area contributed by atoms with Crippen molar-refractivity contribution in [2.24, 2.45) is 0 Å². The Morgan fingerprint density at radius 2 is 1.38 bits per heavy atom. The molecule has 4 aromatic carbocycles. The highest BCUT2D eigenvalue weighted by Gasteiger charge is 2.42. The maximum absolute atomic E-state index is 13.6. The molecule has 48 heavy (non-hydrogen) atoms. The Morgan fingerprint density at radius 1 is 0.750 bits per heavy atom. The molecule has 0 aromatic heterocycles. The number of hydrogen-bond donors (Lipinski definition) is 0. The van der Waals surface area contributed by atoms with Gasteiger partial charge in [0.25, 0.3) is 5.91 Å². The second-order valence-electron chi connectivity index (χ2n) is 13.6. The zero-order chi connectivity index (χ0) is 33.7. The molecule has 250 valence electrons. The minimum Gasteiger partial charge on any atom is -0.338 e. The molecule has 0 bridgehead atoms. The van der Waals surface area contributed by atoms with E-state index < -0.39 is 0 Å². The number of carbonyl (C=O) groups is 2. The van der Waals surface area contributed by atoms with Crippen LogP contribution in [0.1, 0.15) is 66.9 Å². The third kappa shape index (κ3) is 7.19. The maximum atomic E-state index is 13.6. The minimum absolute atomic E-state index is 0.0819. The number of benzene rings is 4. The van der Waals surface area contributed by atoms with E-state index in [1.54, 1.807) is 6.92 Å². The molecule has 0 radical (unpaired) electrons. The summed E-state index contributed by atoms with van der Waals surface area (Å²) < 4.78 is 0. The Labute approximate surface area is 295 Å². The third-order valence-electron chi connectivity index (χ3n) is 10.9. The lowest BCUT2D eigenvalue weighted by Crippen LogP contribution is -2.53. The van der Waals surface area contributed by atoms with Gasteiger partial charge in [-0.2, -0.15) is 0 Å². The van der Waals surface area contributed by atoms with Gasteiger partial charge in [0.1, 0.15) is 0 Å². The van der Waals surface area contributed by atoms with E-state index in [4.69, 9.17) is 23.2 Å². The van der Waals surface area contributed by atoms with Gasteiger partial charge in [0, 0.05) is 51.1 Å². The molecule has 7 heteroatoms. The van der Waals surface area contributed by atoms with Crippen molar-refractivity contribution in [3.63, 3.8) is 0 Å². The highest BCUT2D eigenvalue weighted by atomic mass is 35.5. The van der Waals surface area contributed by atoms with Crippen LogP contribution in [0.3, 0.4) is 0 Å². The first kappa shape index (κ1) is 34.2. The van der Waals surface area contributed by atoms with Crippen LogP contribution < -0.4 is 0 Å². The summed E-state index contributed by atoms with van der Waals surface area (Å²) >= 11 is 12.9. The number of halogens is 2. The van der Waals surface area contributed by atoms with E-state index in [0.717, 1.165) is 75.8 Å². The molecule has 0 aliphatic carbocycles. The van der Waals surface area contributed by atoms with Gasteiger partial charge >= 0.3 is 0 Å². The monoisotopic (exact) mass is 681 g/mol. The standard InChI is InChI=1S/C41H45Cl2N3O2/c1-31(47)44(2)41(35-17-15-33(16-18-35)32-11-5-3-6-12-32)23-27-45(28-24-41)25-9-21-40(36-19-20-37(42)38(43)29-36)22-10-26-46(30-40)39(48)34-13-7-4-8-14-34/h3-8,11-20,29H,9-10,21-28,30H2,1-2H3/t40-/m0/s1. The SMILES string of the molecule is CC(=O)N(C)C1(c2ccc(-c3ccccc3)cc2)CCN(CCC[C@]2(c3ccc(Cl)c(Cl)c3)CCCN(C(=O)c3ccccc3)C2)CC1. The van der Waals surface area contributed by atoms with E-state index in [0.29, 0.717) is 16.6 Å². The van der Waals surface area contributed by atoms with Gasteiger partial charge in [0.2, 0.25) is 5.91 Å². The summed E-state index contributed by atoms with van der Waals surface area (Å²) in [6, 6.07) is 34.8. The summed E-state index contributed by atoms with van der Waals surface area (Å²) in [5.74, 6) is 0.171. The summed E-state index contributed by atoms with van der Waals surface area (Å²) in [6.45, 7) is 5.87. The minimum atomic E-state index is -0.333. The van der Waals surface area contributed by atoms with Crippen LogP contribution in [0.2, 0.25) is 10.0 Å². The highest BCUT2D eigenvalue weighted by Crippen LogP contribution is 2.42. The Kier molecular flexibility index (Phi) is 10.6. The van der Waals surface area contributed by atoms with Crippen molar-refractivity contribution in [1.82, 2.24) is 14.7 Å². The molecule has 2 fully saturated rings. The topological polar surface area (TPSA) is 43.9 Å². The molecule has 2 aliphatic heterocycles. The molecular formula is C41H45Cl2N3O2. The van der Waals surface area contributed by atoms with Crippen molar-refractivity contribution in [2.45, 2.75) is 56.4 Å². The van der Waals surface area contributed by atoms with Crippen molar-refractivity contribution < 1.29 is 9.59 Å². The van der Waals surface area contributed by atoms with Crippen LogP contribution in [0.15, 0.2) is 103 Å². The lowest BCUT2D eigenvalue weighted by molar-refractivity contribution is -0.136. The van der Waals surface area contributed by atoms with E-state index in [9.17, 15) is 9.59 Å². The van der Waals surface area contributed by atoms with Gasteiger partial charge in [0.05, 0.1) is 15.6 Å². The Balaban J connectivity index is 1.16. The second-order valence-corrected chi connectivity index (χ2v) is 14.4. The molecule has 6 rings (SSSR count). The summed E-state index contributed by atoms with van der Waals surface area (Å²) in [5.41, 5.74) is 4.92. The van der Waals surface area contributed by atoms with Crippen molar-refractivity contribution in [2.75, 3.05) is 39.8 Å². The van der Waals surface area contributed by atoms with E-state index in [2.05, 4.69) is 59.5 Å². The van der Waals surface area contributed by atoms with Crippen LogP contribution in [-0.2, 0) is 15.7 Å². The summed E-state index contributed by atoms with van der Waals surface area (Å²) in [4.78, 5) is 32.9. The molecule has 0 spiro atoms. The summed E-state index contributed by atoms with van der Waals surface area (Å²) in [5, 5.41) is 1.10. The largest absolute Gasteiger partial charge is 0.338 e. The number of nitrogens with zero attached hydrogens (tertiary/aromatic N) is 3. The lowest BCUT2D eigenvalue weighted by atomic mass is 9.70. The molecule has 1 atom stereocenters. The Bertz CT molecular complexity index is 1710. The van der Waals surface area contributed by atoms with Crippen molar-refractivity contribution in [3.05, 3.63) is 130 Å². The van der Waals surface area contributed by atoms with Crippen LogP contribution >= 0.6 is 23.2 Å². The van der Waals surface area contributed by atoms with Gasteiger partial charge in [-0.25, -0.2) is 0 Å². The highest BCUT2D eigenvalue weighted by molar-refractivity contribution is 6.42. The van der Waals surface area contributed by atoms with Gasteiger partial charge < -0.3 is 14.7 Å². The number of piperidine rings is 2. The fourth-order valence-electron chi connectivity index (χ4n) is 7.99. The molecular weight excluding hydrogens is 637 g/mol. The van der Waals surface area contributed by atoms with Crippen LogP contribution in [0.5, 0.6) is 0 Å². The van der Waals surface area contributed by atoms with Crippen LogP contribution in [0.25, 0.3) is 11.1 Å². The zero-order valence-corrected chi connectivity index (χ0v) is 29.5. The first-order chi connectivity index (χ1) is 23.2. The normalized spacial score (nSPS) is 19.5. The fourth-order valence-corrected chi connectivity index (χ4v) is 8.29.